The molecule has 372 valence electrons. The number of sulfonamides is 1. The molecule has 0 amide bonds. The molecule has 8 rings (SSSR count). The number of nitrogens with one attached hydrogen (secondary N) is 1. The van der Waals surface area contributed by atoms with E-state index in [1.54, 1.807) is 25.2 Å². The Balaban J connectivity index is 0.000000176. The van der Waals surface area contributed by atoms with E-state index in [2.05, 4.69) is 77.7 Å². The Morgan fingerprint density at radius 2 is 1.20 bits per heavy atom. The van der Waals surface area contributed by atoms with Crippen LogP contribution in [0.4, 0.5) is 17.1 Å². The largest absolute Gasteiger partial charge is 0.506 e. The molecule has 0 aliphatic carbocycles. The number of anilines is 3. The van der Waals surface area contributed by atoms with Crippen LogP contribution in [0.25, 0.3) is 0 Å². The van der Waals surface area contributed by atoms with Crippen LogP contribution in [0, 0.1) is 0 Å². The van der Waals surface area contributed by atoms with E-state index in [4.69, 9.17) is 86.3 Å². The zero-order valence-corrected chi connectivity index (χ0v) is 45.3. The highest BCUT2D eigenvalue weighted by atomic mass is 35.5. The molecule has 6 aromatic carbocycles. The number of aliphatic carboxylic acids is 1. The first kappa shape index (κ1) is 55.6. The molecule has 0 bridgehead atoms. The van der Waals surface area contributed by atoms with Gasteiger partial charge in [-0.15, -0.1) is 0 Å². The van der Waals surface area contributed by atoms with Gasteiger partial charge in [0.25, 0.3) is 10.0 Å². The quantitative estimate of drug-likeness (QED) is 0.0617. The van der Waals surface area contributed by atoms with E-state index < -0.39 is 16.0 Å². The molecule has 0 fully saturated rings. The summed E-state index contributed by atoms with van der Waals surface area (Å²) in [4.78, 5) is 18.2. The van der Waals surface area contributed by atoms with Crippen molar-refractivity contribution in [1.82, 2.24) is 10.2 Å². The monoisotopic (exact) mass is 1120 g/mol. The molecular formula is C51H51Cl7N4O6S2. The normalized spacial score (nSPS) is 14.2. The fourth-order valence-electron chi connectivity index (χ4n) is 7.99. The number of aromatic hydroxyl groups is 2. The third-order valence-electron chi connectivity index (χ3n) is 11.5. The number of carboxylic acids is 1. The maximum atomic E-state index is 13.2. The van der Waals surface area contributed by atoms with E-state index in [1.807, 2.05) is 30.0 Å². The number of fused-ring (bicyclic) bond motifs is 4. The van der Waals surface area contributed by atoms with Gasteiger partial charge in [-0.25, -0.2) is 8.42 Å². The van der Waals surface area contributed by atoms with Crippen molar-refractivity contribution in [2.75, 3.05) is 50.0 Å². The SMILES string of the molecule is CN(C)CCCN1c2ccccc2Sc2ccccc21.CN1c2ccccc2C(NCCCCCCC(=O)O)c2ccc(Cl)cc2S1(=O)=O.Oc1c(Cl)cc(Cl)c(Cl)c1Cc1c(O)c(Cl)cc(Cl)c1Cl. The first-order valence-corrected chi connectivity index (χ1v) is 27.0. The number of carbonyl (C=O) groups is 1. The molecule has 0 saturated heterocycles. The molecule has 19 heteroatoms. The van der Waals surface area contributed by atoms with Crippen molar-refractivity contribution in [3.63, 3.8) is 0 Å². The Hall–Kier alpha value is -3.76. The Morgan fingerprint density at radius 3 is 1.76 bits per heavy atom. The summed E-state index contributed by atoms with van der Waals surface area (Å²) in [5, 5.41) is 33.2. The molecule has 1 unspecified atom stereocenters. The molecule has 1 atom stereocenters. The second kappa shape index (κ2) is 25.3. The smallest absolute Gasteiger partial charge is 0.303 e. The fourth-order valence-corrected chi connectivity index (χ4v) is 12.2. The average molecular weight is 1130 g/mol. The van der Waals surface area contributed by atoms with Crippen molar-refractivity contribution in [3.8, 4) is 11.5 Å². The first-order valence-electron chi connectivity index (χ1n) is 22.1. The third kappa shape index (κ3) is 13.4. The number of halogens is 7. The summed E-state index contributed by atoms with van der Waals surface area (Å²) < 4.78 is 27.7. The van der Waals surface area contributed by atoms with Crippen LogP contribution < -0.4 is 14.5 Å². The topological polar surface area (TPSA) is 134 Å². The molecule has 6 aromatic rings. The Labute approximate surface area is 449 Å². The van der Waals surface area contributed by atoms with Crippen LogP contribution in [0.5, 0.6) is 11.5 Å². The number of phenolic OH excluding ortho intramolecular Hbond substituents is 2. The van der Waals surface area contributed by atoms with Gasteiger partial charge in [-0.1, -0.05) is 154 Å². The molecule has 0 saturated carbocycles. The highest BCUT2D eigenvalue weighted by molar-refractivity contribution is 7.99. The summed E-state index contributed by atoms with van der Waals surface area (Å²) >= 11 is 43.7. The van der Waals surface area contributed by atoms with Crippen LogP contribution in [-0.2, 0) is 21.2 Å². The molecule has 0 aromatic heterocycles. The van der Waals surface area contributed by atoms with Crippen molar-refractivity contribution < 1.29 is 28.5 Å². The highest BCUT2D eigenvalue weighted by Crippen LogP contribution is 2.48. The number of hydrogen-bond acceptors (Lipinski definition) is 9. The molecule has 2 aliphatic rings. The molecular weight excluding hydrogens is 1080 g/mol. The van der Waals surface area contributed by atoms with Gasteiger partial charge in [0.1, 0.15) is 11.5 Å². The summed E-state index contributed by atoms with van der Waals surface area (Å²) in [7, 11) is 2.10. The first-order chi connectivity index (χ1) is 33.3. The molecule has 2 aliphatic heterocycles. The molecule has 2 heterocycles. The Morgan fingerprint density at radius 1 is 0.671 bits per heavy atom. The summed E-state index contributed by atoms with van der Waals surface area (Å²) in [5.74, 6) is -1.27. The maximum Gasteiger partial charge on any atom is 0.303 e. The number of unbranched alkanes of at least 4 members (excludes halogenated alkanes) is 3. The minimum absolute atomic E-state index is 0.0307. The number of nitrogens with zero attached hydrogens (tertiary/aromatic N) is 3. The van der Waals surface area contributed by atoms with Crippen molar-refractivity contribution in [2.45, 2.75) is 65.7 Å². The predicted octanol–water partition coefficient (Wildman–Crippen LogP) is 15.0. The van der Waals surface area contributed by atoms with E-state index in [9.17, 15) is 23.4 Å². The summed E-state index contributed by atoms with van der Waals surface area (Å²) in [5.41, 5.74) is 5.32. The molecule has 4 N–H and O–H groups in total. The lowest BCUT2D eigenvalue weighted by atomic mass is 9.96. The Bertz CT molecular complexity index is 2790. The minimum Gasteiger partial charge on any atom is -0.506 e. The van der Waals surface area contributed by atoms with Crippen molar-refractivity contribution >= 4 is 126 Å². The van der Waals surface area contributed by atoms with E-state index in [1.165, 1.54) is 50.1 Å². The van der Waals surface area contributed by atoms with Gasteiger partial charge in [0.2, 0.25) is 0 Å². The van der Waals surface area contributed by atoms with Crippen LogP contribution in [0.2, 0.25) is 35.2 Å². The number of rotatable bonds is 14. The van der Waals surface area contributed by atoms with Crippen LogP contribution in [0.15, 0.2) is 118 Å². The molecule has 10 nitrogen and oxygen atoms in total. The summed E-state index contributed by atoms with van der Waals surface area (Å²) in [6.45, 7) is 2.87. The maximum absolute atomic E-state index is 13.2. The van der Waals surface area contributed by atoms with Crippen molar-refractivity contribution in [3.05, 3.63) is 161 Å². The van der Waals surface area contributed by atoms with Crippen LogP contribution in [0.3, 0.4) is 0 Å². The minimum atomic E-state index is -3.72. The second-order valence-corrected chi connectivity index (χ2v) is 22.5. The second-order valence-electron chi connectivity index (χ2n) is 16.6. The zero-order valence-electron chi connectivity index (χ0n) is 38.3. The number of hydrogen-bond donors (Lipinski definition) is 4. The summed E-state index contributed by atoms with van der Waals surface area (Å²) in [6.07, 6.45) is 4.65. The van der Waals surface area contributed by atoms with Gasteiger partial charge in [0, 0.05) is 52.4 Å². The van der Waals surface area contributed by atoms with Crippen LogP contribution in [0.1, 0.15) is 66.8 Å². The van der Waals surface area contributed by atoms with E-state index >= 15 is 0 Å². The number of phenols is 2. The van der Waals surface area contributed by atoms with Gasteiger partial charge >= 0.3 is 5.97 Å². The lowest BCUT2D eigenvalue weighted by Crippen LogP contribution is -2.26. The van der Waals surface area contributed by atoms with E-state index in [0.717, 1.165) is 37.9 Å². The third-order valence-corrected chi connectivity index (χ3v) is 17.0. The molecule has 0 spiro atoms. The molecule has 70 heavy (non-hydrogen) atoms. The van der Waals surface area contributed by atoms with Gasteiger partial charge in [-0.3, -0.25) is 9.10 Å². The number of benzene rings is 6. The number of para-hydroxylation sites is 3. The van der Waals surface area contributed by atoms with Gasteiger partial charge in [0.05, 0.1) is 58.1 Å². The van der Waals surface area contributed by atoms with Crippen LogP contribution >= 0.6 is 93.0 Å². The van der Waals surface area contributed by atoms with Gasteiger partial charge in [-0.05, 0) is 112 Å². The fraction of sp³-hybridized carbons (Fsp3) is 0.275. The molecule has 0 radical (unpaired) electrons. The van der Waals surface area contributed by atoms with Crippen molar-refractivity contribution in [1.29, 1.82) is 0 Å². The van der Waals surface area contributed by atoms with Crippen LogP contribution in [-0.4, -0.2) is 75.4 Å². The van der Waals surface area contributed by atoms with Gasteiger partial charge in [-0.2, -0.15) is 0 Å². The lowest BCUT2D eigenvalue weighted by molar-refractivity contribution is -0.137. The zero-order chi connectivity index (χ0) is 50.9. The van der Waals surface area contributed by atoms with Crippen molar-refractivity contribution in [2.24, 2.45) is 0 Å². The summed E-state index contributed by atoms with van der Waals surface area (Å²) in [6, 6.07) is 32.2. The van der Waals surface area contributed by atoms with E-state index in [0.29, 0.717) is 29.2 Å². The highest BCUT2D eigenvalue weighted by Gasteiger charge is 2.35. The predicted molar refractivity (Wildman–Crippen MR) is 290 cm³/mol. The van der Waals surface area contributed by atoms with Gasteiger partial charge in [0.15, 0.2) is 0 Å². The lowest BCUT2D eigenvalue weighted by Gasteiger charge is -2.33. The standard InChI is InChI=1S/C21H25ClN2O4S.C17H20N2S.C13H6Cl6O2/c1-24-18-9-6-5-8-16(18)21(23-13-7-3-2-4-10-20(25)26)17-12-11-15(22)14-19(17)29(24,27)28;1-18(2)12-7-13-19-14-8-3-5-10-16(14)20-17-11-6-4-9-15(17)19;14-6-2-8(16)12(20)4(10(6)18)1-5-11(19)7(15)3-9(17)13(5)21/h5-6,8-9,11-12,14,21,23H,2-4,7,10,13H2,1H3,(H,25,26);3-6,8-11H,7,12-13H2,1-2H3;2-3,20-21H,1H2. The number of carboxylic acid groups (broad SMARTS) is 1. The van der Waals surface area contributed by atoms with E-state index in [-0.39, 0.29) is 76.5 Å². The van der Waals surface area contributed by atoms with Gasteiger partial charge < -0.3 is 30.4 Å². The average Bonchev–Trinajstić information content (AvgIpc) is 3.39. The Kier molecular flexibility index (Phi) is 20.0.